The summed E-state index contributed by atoms with van der Waals surface area (Å²) < 4.78 is 2.24. The van der Waals surface area contributed by atoms with E-state index >= 15 is 0 Å². The number of hydrogen-bond donors (Lipinski definition) is 1. The zero-order chi connectivity index (χ0) is 15.8. The van der Waals surface area contributed by atoms with Gasteiger partial charge < -0.3 is 5.32 Å². The zero-order valence-electron chi connectivity index (χ0n) is 13.5. The Bertz CT molecular complexity index is 821. The van der Waals surface area contributed by atoms with Gasteiger partial charge in [-0.1, -0.05) is 0 Å². The number of hydrogen-bond acceptors (Lipinski definition) is 5. The molecule has 1 fully saturated rings. The molecule has 1 N–H and O–H groups in total. The quantitative estimate of drug-likeness (QED) is 0.797. The van der Waals surface area contributed by atoms with E-state index in [9.17, 15) is 0 Å². The van der Waals surface area contributed by atoms with Gasteiger partial charge in [0.25, 0.3) is 0 Å². The van der Waals surface area contributed by atoms with Gasteiger partial charge in [0.2, 0.25) is 0 Å². The molecule has 3 aromatic rings. The lowest BCUT2D eigenvalue weighted by atomic mass is 10.1. The molecule has 1 aliphatic heterocycles. The first-order valence-corrected chi connectivity index (χ1v) is 8.93. The smallest absolute Gasteiger partial charge is 0.194 e. The second-order valence-electron chi connectivity index (χ2n) is 6.05. The lowest BCUT2D eigenvalue weighted by Gasteiger charge is -2.25. The number of pyridine rings is 1. The van der Waals surface area contributed by atoms with Crippen LogP contribution in [0.4, 0.5) is 5.82 Å². The van der Waals surface area contributed by atoms with Gasteiger partial charge in [-0.2, -0.15) is 0 Å². The number of likely N-dealkylation sites (tertiary alicyclic amines) is 1. The number of aryl methyl sites for hydroxylation is 1. The maximum atomic E-state index is 4.68. The highest BCUT2D eigenvalue weighted by molar-refractivity contribution is 7.15. The number of aromatic nitrogens is 3. The number of thiazole rings is 1. The van der Waals surface area contributed by atoms with Gasteiger partial charge in [-0.25, -0.2) is 9.97 Å². The standard InChI is InChI=1S/C17H21N5S/c1-12-15(22-8-9-23-17(22)20-12)11-21-7-3-4-14(21)13-5-6-19-16(10-13)18-2/h5-6,8-10,14H,3-4,7,11H2,1-2H3,(H,18,19). The zero-order valence-corrected chi connectivity index (χ0v) is 14.3. The van der Waals surface area contributed by atoms with Crippen LogP contribution in [-0.2, 0) is 6.54 Å². The van der Waals surface area contributed by atoms with Crippen molar-refractivity contribution in [2.24, 2.45) is 0 Å². The van der Waals surface area contributed by atoms with E-state index in [1.807, 2.05) is 13.2 Å². The van der Waals surface area contributed by atoms with Crippen molar-refractivity contribution < 1.29 is 0 Å². The summed E-state index contributed by atoms with van der Waals surface area (Å²) in [5.74, 6) is 0.940. The highest BCUT2D eigenvalue weighted by Crippen LogP contribution is 2.34. The van der Waals surface area contributed by atoms with E-state index in [1.165, 1.54) is 24.1 Å². The molecule has 0 radical (unpaired) electrons. The van der Waals surface area contributed by atoms with Crippen LogP contribution in [0.3, 0.4) is 0 Å². The van der Waals surface area contributed by atoms with Crippen molar-refractivity contribution >= 4 is 22.1 Å². The number of rotatable bonds is 4. The van der Waals surface area contributed by atoms with Crippen molar-refractivity contribution in [1.29, 1.82) is 0 Å². The third-order valence-corrected chi connectivity index (χ3v) is 5.46. The van der Waals surface area contributed by atoms with Gasteiger partial charge in [0.05, 0.1) is 11.4 Å². The van der Waals surface area contributed by atoms with Crippen LogP contribution < -0.4 is 5.32 Å². The number of fused-ring (bicyclic) bond motifs is 1. The summed E-state index contributed by atoms with van der Waals surface area (Å²) in [4.78, 5) is 12.7. The summed E-state index contributed by atoms with van der Waals surface area (Å²) in [6.45, 7) is 4.20. The minimum absolute atomic E-state index is 0.466. The topological polar surface area (TPSA) is 45.5 Å². The lowest BCUT2D eigenvalue weighted by Crippen LogP contribution is -2.24. The van der Waals surface area contributed by atoms with E-state index < -0.39 is 0 Å². The van der Waals surface area contributed by atoms with Gasteiger partial charge in [0.15, 0.2) is 4.96 Å². The van der Waals surface area contributed by atoms with Crippen molar-refractivity contribution in [1.82, 2.24) is 19.3 Å². The maximum absolute atomic E-state index is 4.68. The highest BCUT2D eigenvalue weighted by atomic mass is 32.1. The number of anilines is 1. The lowest BCUT2D eigenvalue weighted by molar-refractivity contribution is 0.244. The third kappa shape index (κ3) is 2.62. The minimum atomic E-state index is 0.466. The van der Waals surface area contributed by atoms with Crippen molar-refractivity contribution in [3.05, 3.63) is 46.9 Å². The molecule has 1 saturated heterocycles. The fourth-order valence-electron chi connectivity index (χ4n) is 3.51. The molecular weight excluding hydrogens is 306 g/mol. The molecule has 5 nitrogen and oxygen atoms in total. The van der Waals surface area contributed by atoms with Gasteiger partial charge in [-0.05, 0) is 44.0 Å². The molecule has 6 heteroatoms. The van der Waals surface area contributed by atoms with Crippen molar-refractivity contribution in [3.63, 3.8) is 0 Å². The molecule has 1 aliphatic rings. The Hall–Kier alpha value is -1.92. The largest absolute Gasteiger partial charge is 0.373 e. The fourth-order valence-corrected chi connectivity index (χ4v) is 4.29. The average molecular weight is 327 g/mol. The first-order valence-electron chi connectivity index (χ1n) is 8.05. The average Bonchev–Trinajstić information content (AvgIpc) is 3.26. The molecular formula is C17H21N5S. The highest BCUT2D eigenvalue weighted by Gasteiger charge is 2.27. The number of nitrogens with one attached hydrogen (secondary N) is 1. The predicted molar refractivity (Wildman–Crippen MR) is 94.0 cm³/mol. The number of nitrogens with zero attached hydrogens (tertiary/aromatic N) is 4. The molecule has 1 atom stereocenters. The third-order valence-electron chi connectivity index (χ3n) is 4.70. The van der Waals surface area contributed by atoms with Crippen molar-refractivity contribution in [2.45, 2.75) is 32.4 Å². The van der Waals surface area contributed by atoms with Crippen molar-refractivity contribution in [2.75, 3.05) is 18.9 Å². The summed E-state index contributed by atoms with van der Waals surface area (Å²) in [5, 5.41) is 5.24. The van der Waals surface area contributed by atoms with Gasteiger partial charge in [-0.3, -0.25) is 9.30 Å². The van der Waals surface area contributed by atoms with E-state index in [0.717, 1.165) is 29.6 Å². The molecule has 120 valence electrons. The monoisotopic (exact) mass is 327 g/mol. The fraction of sp³-hybridized carbons (Fsp3) is 0.412. The summed E-state index contributed by atoms with van der Waals surface area (Å²) in [6, 6.07) is 4.79. The van der Waals surface area contributed by atoms with Crippen LogP contribution in [0, 0.1) is 6.92 Å². The normalized spacial score (nSPS) is 18.8. The number of imidazole rings is 1. The first-order chi connectivity index (χ1) is 11.3. The Balaban J connectivity index is 1.62. The Kier molecular flexibility index (Phi) is 3.79. The molecule has 0 spiro atoms. The van der Waals surface area contributed by atoms with E-state index in [1.54, 1.807) is 11.3 Å². The molecule has 0 bridgehead atoms. The van der Waals surface area contributed by atoms with Gasteiger partial charge in [0.1, 0.15) is 5.82 Å². The van der Waals surface area contributed by atoms with E-state index in [-0.39, 0.29) is 0 Å². The molecule has 0 aliphatic carbocycles. The molecule has 0 saturated carbocycles. The van der Waals surface area contributed by atoms with Gasteiger partial charge in [0, 0.05) is 37.4 Å². The van der Waals surface area contributed by atoms with Crippen LogP contribution in [0.5, 0.6) is 0 Å². The summed E-state index contributed by atoms with van der Waals surface area (Å²) in [6.07, 6.45) is 6.48. The summed E-state index contributed by atoms with van der Waals surface area (Å²) in [7, 11) is 1.92. The van der Waals surface area contributed by atoms with Crippen LogP contribution >= 0.6 is 11.3 Å². The van der Waals surface area contributed by atoms with Gasteiger partial charge in [-0.15, -0.1) is 11.3 Å². The SMILES string of the molecule is CNc1cc(C2CCCN2Cc2c(C)nc3sccn23)ccn1. The van der Waals surface area contributed by atoms with E-state index in [0.29, 0.717) is 6.04 Å². The molecule has 0 aromatic carbocycles. The summed E-state index contributed by atoms with van der Waals surface area (Å²) in [5.41, 5.74) is 3.81. The summed E-state index contributed by atoms with van der Waals surface area (Å²) >= 11 is 1.70. The Labute approximate surface area is 140 Å². The van der Waals surface area contributed by atoms with Crippen molar-refractivity contribution in [3.8, 4) is 0 Å². The Morgan fingerprint density at radius 1 is 1.43 bits per heavy atom. The van der Waals surface area contributed by atoms with Crippen LogP contribution in [0.25, 0.3) is 4.96 Å². The molecule has 4 heterocycles. The first kappa shape index (κ1) is 14.7. The van der Waals surface area contributed by atoms with Crippen LogP contribution in [0.2, 0.25) is 0 Å². The Morgan fingerprint density at radius 3 is 3.22 bits per heavy atom. The molecule has 23 heavy (non-hydrogen) atoms. The van der Waals surface area contributed by atoms with Crippen LogP contribution in [0.15, 0.2) is 29.9 Å². The molecule has 1 unspecified atom stereocenters. The minimum Gasteiger partial charge on any atom is -0.373 e. The second-order valence-corrected chi connectivity index (χ2v) is 6.93. The second kappa shape index (κ2) is 5.94. The van der Waals surface area contributed by atoms with E-state index in [2.05, 4.69) is 55.2 Å². The molecule has 3 aromatic heterocycles. The van der Waals surface area contributed by atoms with Gasteiger partial charge >= 0.3 is 0 Å². The predicted octanol–water partition coefficient (Wildman–Crippen LogP) is 3.48. The Morgan fingerprint density at radius 2 is 2.35 bits per heavy atom. The van der Waals surface area contributed by atoms with Crippen LogP contribution in [-0.4, -0.2) is 32.9 Å². The maximum Gasteiger partial charge on any atom is 0.194 e. The van der Waals surface area contributed by atoms with E-state index in [4.69, 9.17) is 0 Å². The molecule has 4 rings (SSSR count). The molecule has 0 amide bonds. The van der Waals surface area contributed by atoms with Crippen LogP contribution in [0.1, 0.15) is 35.8 Å².